The smallest absolute Gasteiger partial charge is 0.263 e. The normalized spacial score (nSPS) is 21.5. The highest BCUT2D eigenvalue weighted by Crippen LogP contribution is 2.26. The summed E-state index contributed by atoms with van der Waals surface area (Å²) in [6.07, 6.45) is 2.31. The molecule has 0 radical (unpaired) electrons. The van der Waals surface area contributed by atoms with Crippen molar-refractivity contribution in [1.82, 2.24) is 14.9 Å². The molecule has 1 amide bonds. The molecular formula is C24H30N4O3S. The van der Waals surface area contributed by atoms with Gasteiger partial charge >= 0.3 is 0 Å². The standard InChI is InChI=1S/C24H30N4O3S/c1-17-12-14-28(15-13-17)21(19-8-4-3-5-9-19)16-25-24(29)18(2)26-23-20-10-6-7-11-22(20)32(30,31)27-23/h3-11,17-18,21H,12-16H2,1-2H3,(H,25,29)(H,26,27)/t18-,21?/m0/s1. The topological polar surface area (TPSA) is 90.9 Å². The number of rotatable bonds is 6. The summed E-state index contributed by atoms with van der Waals surface area (Å²) in [5.41, 5.74) is 1.68. The number of aliphatic imine (C=N–C) groups is 1. The number of benzene rings is 2. The third-order valence-corrected chi connectivity index (χ3v) is 7.68. The zero-order chi connectivity index (χ0) is 22.7. The molecule has 4 rings (SSSR count). The Morgan fingerprint density at radius 1 is 1.12 bits per heavy atom. The van der Waals surface area contributed by atoms with E-state index in [-0.39, 0.29) is 22.7 Å². The van der Waals surface area contributed by atoms with Crippen LogP contribution >= 0.6 is 0 Å². The Kier molecular flexibility index (Phi) is 6.62. The second-order valence-electron chi connectivity index (χ2n) is 8.65. The molecule has 2 heterocycles. The van der Waals surface area contributed by atoms with Gasteiger partial charge in [-0.25, -0.2) is 8.42 Å². The van der Waals surface area contributed by atoms with E-state index < -0.39 is 16.1 Å². The second kappa shape index (κ2) is 9.42. The van der Waals surface area contributed by atoms with E-state index in [1.54, 1.807) is 25.1 Å². The molecule has 2 aliphatic heterocycles. The van der Waals surface area contributed by atoms with Crippen molar-refractivity contribution in [2.24, 2.45) is 10.9 Å². The first-order valence-corrected chi connectivity index (χ1v) is 12.6. The van der Waals surface area contributed by atoms with Crippen LogP contribution < -0.4 is 10.0 Å². The number of nitrogens with one attached hydrogen (secondary N) is 2. The van der Waals surface area contributed by atoms with Gasteiger partial charge in [-0.15, -0.1) is 0 Å². The predicted molar refractivity (Wildman–Crippen MR) is 125 cm³/mol. The Hall–Kier alpha value is -2.71. The van der Waals surface area contributed by atoms with Crippen LogP contribution in [0.5, 0.6) is 0 Å². The fourth-order valence-electron chi connectivity index (χ4n) is 4.30. The minimum Gasteiger partial charge on any atom is -0.352 e. The van der Waals surface area contributed by atoms with Crippen molar-refractivity contribution in [3.8, 4) is 0 Å². The first-order valence-electron chi connectivity index (χ1n) is 11.1. The van der Waals surface area contributed by atoms with E-state index in [9.17, 15) is 13.2 Å². The van der Waals surface area contributed by atoms with Crippen LogP contribution in [0.1, 0.15) is 43.9 Å². The van der Waals surface area contributed by atoms with Gasteiger partial charge in [0.05, 0.1) is 10.9 Å². The van der Waals surface area contributed by atoms with Crippen molar-refractivity contribution in [2.75, 3.05) is 19.6 Å². The highest BCUT2D eigenvalue weighted by Gasteiger charge is 2.31. The first-order chi connectivity index (χ1) is 15.3. The SMILES string of the molecule is CC1CCN(C(CNC(=O)[C@H](C)N=C2NS(=O)(=O)c3ccccc32)c2ccccc2)CC1. The van der Waals surface area contributed by atoms with E-state index >= 15 is 0 Å². The molecule has 0 spiro atoms. The van der Waals surface area contributed by atoms with Gasteiger partial charge in [0.15, 0.2) is 0 Å². The Balaban J connectivity index is 1.46. The molecule has 1 fully saturated rings. The van der Waals surface area contributed by atoms with E-state index in [4.69, 9.17) is 0 Å². The monoisotopic (exact) mass is 454 g/mol. The summed E-state index contributed by atoms with van der Waals surface area (Å²) in [6, 6.07) is 16.3. The predicted octanol–water partition coefficient (Wildman–Crippen LogP) is 2.70. The number of likely N-dealkylation sites (tertiary alicyclic amines) is 1. The van der Waals surface area contributed by atoms with E-state index in [0.29, 0.717) is 12.1 Å². The summed E-state index contributed by atoms with van der Waals surface area (Å²) < 4.78 is 27.0. The lowest BCUT2D eigenvalue weighted by Crippen LogP contribution is -2.43. The summed E-state index contributed by atoms with van der Waals surface area (Å²) in [5, 5.41) is 3.04. The van der Waals surface area contributed by atoms with Gasteiger partial charge in [0.2, 0.25) is 5.91 Å². The maximum absolute atomic E-state index is 12.9. The van der Waals surface area contributed by atoms with Crippen LogP contribution in [0.15, 0.2) is 64.5 Å². The zero-order valence-electron chi connectivity index (χ0n) is 18.5. The molecule has 1 unspecified atom stereocenters. The highest BCUT2D eigenvalue weighted by atomic mass is 32.2. The number of carbonyl (C=O) groups is 1. The van der Waals surface area contributed by atoms with Gasteiger partial charge < -0.3 is 5.32 Å². The van der Waals surface area contributed by atoms with Crippen molar-refractivity contribution in [1.29, 1.82) is 0 Å². The summed E-state index contributed by atoms with van der Waals surface area (Å²) in [6.45, 7) is 6.46. The number of hydrogen-bond donors (Lipinski definition) is 2. The lowest BCUT2D eigenvalue weighted by molar-refractivity contribution is -0.122. The zero-order valence-corrected chi connectivity index (χ0v) is 19.3. The molecular weight excluding hydrogens is 424 g/mol. The Labute approximate surface area is 190 Å². The minimum absolute atomic E-state index is 0.0956. The number of fused-ring (bicyclic) bond motifs is 1. The maximum Gasteiger partial charge on any atom is 0.263 e. The summed E-state index contributed by atoms with van der Waals surface area (Å²) >= 11 is 0. The third kappa shape index (κ3) is 4.86. The molecule has 2 aromatic carbocycles. The molecule has 2 N–H and O–H groups in total. The van der Waals surface area contributed by atoms with Crippen molar-refractivity contribution in [3.05, 3.63) is 65.7 Å². The third-order valence-electron chi connectivity index (χ3n) is 6.28. The lowest BCUT2D eigenvalue weighted by Gasteiger charge is -2.37. The molecule has 8 heteroatoms. The molecule has 170 valence electrons. The van der Waals surface area contributed by atoms with E-state index in [0.717, 1.165) is 31.8 Å². The van der Waals surface area contributed by atoms with Crippen LogP contribution in [0.25, 0.3) is 0 Å². The van der Waals surface area contributed by atoms with Crippen LogP contribution in [0.2, 0.25) is 0 Å². The molecule has 0 aliphatic carbocycles. The van der Waals surface area contributed by atoms with Gasteiger partial charge in [-0.05, 0) is 56.5 Å². The minimum atomic E-state index is -3.63. The summed E-state index contributed by atoms with van der Waals surface area (Å²) in [5.74, 6) is 0.714. The van der Waals surface area contributed by atoms with Crippen molar-refractivity contribution in [3.63, 3.8) is 0 Å². The summed E-state index contributed by atoms with van der Waals surface area (Å²) in [7, 11) is -3.63. The van der Waals surface area contributed by atoms with Crippen LogP contribution in [-0.2, 0) is 14.8 Å². The number of piperidine rings is 1. The highest BCUT2D eigenvalue weighted by molar-refractivity contribution is 7.90. The number of carbonyl (C=O) groups excluding carboxylic acids is 1. The van der Waals surface area contributed by atoms with Crippen LogP contribution in [0.3, 0.4) is 0 Å². The second-order valence-corrected chi connectivity index (χ2v) is 10.3. The van der Waals surface area contributed by atoms with Crippen molar-refractivity contribution < 1.29 is 13.2 Å². The lowest BCUT2D eigenvalue weighted by atomic mass is 9.95. The van der Waals surface area contributed by atoms with Gasteiger partial charge in [0.1, 0.15) is 11.9 Å². The molecule has 0 saturated carbocycles. The number of nitrogens with zero attached hydrogens (tertiary/aromatic N) is 2. The molecule has 0 bridgehead atoms. The molecule has 2 aromatic rings. The molecule has 2 aliphatic rings. The van der Waals surface area contributed by atoms with Crippen LogP contribution in [0, 0.1) is 5.92 Å². The van der Waals surface area contributed by atoms with Crippen molar-refractivity contribution >= 4 is 21.8 Å². The number of hydrogen-bond acceptors (Lipinski definition) is 5. The van der Waals surface area contributed by atoms with Crippen LogP contribution in [-0.4, -0.2) is 50.7 Å². The number of sulfonamides is 1. The molecule has 7 nitrogen and oxygen atoms in total. The maximum atomic E-state index is 12.9. The fourth-order valence-corrected chi connectivity index (χ4v) is 5.54. The number of amides is 1. The van der Waals surface area contributed by atoms with E-state index in [1.165, 1.54) is 11.6 Å². The number of amidine groups is 1. The van der Waals surface area contributed by atoms with Gasteiger partial charge in [0, 0.05) is 12.1 Å². The Bertz CT molecular complexity index is 1090. The fraction of sp³-hybridized carbons (Fsp3) is 0.417. The largest absolute Gasteiger partial charge is 0.352 e. The average Bonchev–Trinajstić information content (AvgIpc) is 3.05. The molecule has 2 atom stereocenters. The van der Waals surface area contributed by atoms with E-state index in [1.807, 2.05) is 18.2 Å². The molecule has 32 heavy (non-hydrogen) atoms. The Morgan fingerprint density at radius 2 is 1.78 bits per heavy atom. The van der Waals surface area contributed by atoms with Gasteiger partial charge in [-0.2, -0.15) is 0 Å². The summed E-state index contributed by atoms with van der Waals surface area (Å²) in [4.78, 5) is 19.9. The average molecular weight is 455 g/mol. The van der Waals surface area contributed by atoms with Gasteiger partial charge in [-0.3, -0.25) is 19.4 Å². The van der Waals surface area contributed by atoms with Crippen molar-refractivity contribution in [2.45, 2.75) is 43.7 Å². The van der Waals surface area contributed by atoms with Crippen LogP contribution in [0.4, 0.5) is 0 Å². The van der Waals surface area contributed by atoms with Gasteiger partial charge in [0.25, 0.3) is 10.0 Å². The Morgan fingerprint density at radius 3 is 2.50 bits per heavy atom. The first kappa shape index (κ1) is 22.5. The molecule has 1 saturated heterocycles. The van der Waals surface area contributed by atoms with E-state index in [2.05, 4.69) is 39.0 Å². The molecule has 0 aromatic heterocycles. The van der Waals surface area contributed by atoms with Gasteiger partial charge in [-0.1, -0.05) is 49.4 Å². The quantitative estimate of drug-likeness (QED) is 0.702.